The Morgan fingerprint density at radius 1 is 1.03 bits per heavy atom. The SMILES string of the molecule is COc1ccc(-c2nnc(SCC(=O)N/N=C/c3ccc(N(C)C)cc3)n2-c2ccc(C)cc2)cc1. The van der Waals surface area contributed by atoms with Crippen molar-refractivity contribution in [3.8, 4) is 22.8 Å². The summed E-state index contributed by atoms with van der Waals surface area (Å²) in [4.78, 5) is 14.5. The number of nitrogens with zero attached hydrogens (tertiary/aromatic N) is 5. The molecule has 1 amide bonds. The molecule has 1 N–H and O–H groups in total. The number of aryl methyl sites for hydroxylation is 1. The van der Waals surface area contributed by atoms with Gasteiger partial charge in [0.05, 0.1) is 19.1 Å². The van der Waals surface area contributed by atoms with Gasteiger partial charge in [-0.1, -0.05) is 41.6 Å². The third-order valence-electron chi connectivity index (χ3n) is 5.42. The van der Waals surface area contributed by atoms with Crippen LogP contribution in [-0.2, 0) is 4.79 Å². The van der Waals surface area contributed by atoms with Crippen LogP contribution in [0.5, 0.6) is 5.75 Å². The monoisotopic (exact) mass is 500 g/mol. The van der Waals surface area contributed by atoms with Crippen LogP contribution in [0.15, 0.2) is 83.1 Å². The van der Waals surface area contributed by atoms with Crippen LogP contribution >= 0.6 is 11.8 Å². The molecule has 8 nitrogen and oxygen atoms in total. The number of aromatic nitrogens is 3. The molecule has 4 aromatic rings. The maximum Gasteiger partial charge on any atom is 0.250 e. The van der Waals surface area contributed by atoms with E-state index in [-0.39, 0.29) is 11.7 Å². The highest BCUT2D eigenvalue weighted by atomic mass is 32.2. The Balaban J connectivity index is 1.47. The van der Waals surface area contributed by atoms with Gasteiger partial charge in [-0.25, -0.2) is 5.43 Å². The van der Waals surface area contributed by atoms with Gasteiger partial charge in [0.25, 0.3) is 5.91 Å². The molecule has 0 spiro atoms. The number of hydrazone groups is 1. The number of nitrogens with one attached hydrogen (secondary N) is 1. The van der Waals surface area contributed by atoms with Crippen molar-refractivity contribution in [1.82, 2.24) is 20.2 Å². The first kappa shape index (κ1) is 25.0. The summed E-state index contributed by atoms with van der Waals surface area (Å²) < 4.78 is 7.23. The predicted octanol–water partition coefficient (Wildman–Crippen LogP) is 4.56. The van der Waals surface area contributed by atoms with Crippen molar-refractivity contribution in [2.75, 3.05) is 31.9 Å². The molecule has 0 bridgehead atoms. The van der Waals surface area contributed by atoms with Crippen LogP contribution in [0.1, 0.15) is 11.1 Å². The second-order valence-electron chi connectivity index (χ2n) is 8.27. The van der Waals surface area contributed by atoms with E-state index in [1.165, 1.54) is 11.8 Å². The Morgan fingerprint density at radius 2 is 1.72 bits per heavy atom. The van der Waals surface area contributed by atoms with Crippen LogP contribution in [0.25, 0.3) is 17.1 Å². The largest absolute Gasteiger partial charge is 0.497 e. The van der Waals surface area contributed by atoms with Gasteiger partial charge in [-0.05, 0) is 61.0 Å². The molecule has 184 valence electrons. The van der Waals surface area contributed by atoms with Gasteiger partial charge in [0, 0.05) is 31.0 Å². The smallest absolute Gasteiger partial charge is 0.250 e. The quantitative estimate of drug-likeness (QED) is 0.206. The van der Waals surface area contributed by atoms with E-state index in [1.54, 1.807) is 13.3 Å². The summed E-state index contributed by atoms with van der Waals surface area (Å²) in [6, 6.07) is 23.6. The van der Waals surface area contributed by atoms with Crippen molar-refractivity contribution in [2.24, 2.45) is 5.10 Å². The molecule has 0 saturated heterocycles. The molecule has 0 aliphatic heterocycles. The number of hydrogen-bond acceptors (Lipinski definition) is 7. The van der Waals surface area contributed by atoms with Crippen molar-refractivity contribution >= 4 is 29.6 Å². The van der Waals surface area contributed by atoms with Gasteiger partial charge >= 0.3 is 0 Å². The fourth-order valence-electron chi connectivity index (χ4n) is 3.42. The summed E-state index contributed by atoms with van der Waals surface area (Å²) in [6.45, 7) is 2.04. The molecule has 4 rings (SSSR count). The predicted molar refractivity (Wildman–Crippen MR) is 145 cm³/mol. The fourth-order valence-corrected chi connectivity index (χ4v) is 4.16. The minimum absolute atomic E-state index is 0.142. The minimum atomic E-state index is -0.231. The van der Waals surface area contributed by atoms with Crippen LogP contribution in [0.3, 0.4) is 0 Å². The number of amides is 1. The highest BCUT2D eigenvalue weighted by Crippen LogP contribution is 2.29. The molecule has 9 heteroatoms. The van der Waals surface area contributed by atoms with E-state index in [0.717, 1.165) is 33.8 Å². The highest BCUT2D eigenvalue weighted by molar-refractivity contribution is 7.99. The standard InChI is InChI=1S/C27H28N6O2S/c1-19-5-11-23(12-6-19)33-26(21-9-15-24(35-4)16-10-21)30-31-27(33)36-18-25(34)29-28-17-20-7-13-22(14-8-20)32(2)3/h5-17H,18H2,1-4H3,(H,29,34)/b28-17+. The summed E-state index contributed by atoms with van der Waals surface area (Å²) in [7, 11) is 5.61. The average molecular weight is 501 g/mol. The Kier molecular flexibility index (Phi) is 8.02. The van der Waals surface area contributed by atoms with E-state index in [9.17, 15) is 4.79 Å². The number of carbonyl (C=O) groups excluding carboxylic acids is 1. The molecule has 0 unspecified atom stereocenters. The first-order valence-corrected chi connectivity index (χ1v) is 12.3. The van der Waals surface area contributed by atoms with E-state index >= 15 is 0 Å². The number of carbonyl (C=O) groups is 1. The van der Waals surface area contributed by atoms with E-state index < -0.39 is 0 Å². The van der Waals surface area contributed by atoms with Crippen LogP contribution in [-0.4, -0.2) is 53.8 Å². The normalized spacial score (nSPS) is 11.0. The molecule has 36 heavy (non-hydrogen) atoms. The lowest BCUT2D eigenvalue weighted by molar-refractivity contribution is -0.118. The summed E-state index contributed by atoms with van der Waals surface area (Å²) in [5, 5.41) is 13.5. The van der Waals surface area contributed by atoms with Crippen molar-refractivity contribution in [3.63, 3.8) is 0 Å². The molecule has 0 fully saturated rings. The Morgan fingerprint density at radius 3 is 2.36 bits per heavy atom. The molecule has 0 saturated carbocycles. The second-order valence-corrected chi connectivity index (χ2v) is 9.22. The second kappa shape index (κ2) is 11.5. The summed E-state index contributed by atoms with van der Waals surface area (Å²) in [6.07, 6.45) is 1.62. The lowest BCUT2D eigenvalue weighted by atomic mass is 10.2. The van der Waals surface area contributed by atoms with E-state index in [1.807, 2.05) is 103 Å². The molecule has 0 radical (unpaired) electrons. The maximum absolute atomic E-state index is 12.5. The molecule has 0 aliphatic carbocycles. The molecular formula is C27H28N6O2S. The Bertz CT molecular complexity index is 1330. The molecule has 1 aromatic heterocycles. The zero-order valence-electron chi connectivity index (χ0n) is 20.7. The van der Waals surface area contributed by atoms with Gasteiger partial charge in [-0.2, -0.15) is 5.10 Å². The molecule has 0 atom stereocenters. The van der Waals surface area contributed by atoms with E-state index in [0.29, 0.717) is 11.0 Å². The molecular weight excluding hydrogens is 472 g/mol. The first-order chi connectivity index (χ1) is 17.4. The van der Waals surface area contributed by atoms with Crippen LogP contribution in [0, 0.1) is 6.92 Å². The summed E-state index contributed by atoms with van der Waals surface area (Å²) >= 11 is 1.30. The Hall–Kier alpha value is -4.11. The number of methoxy groups -OCH3 is 1. The highest BCUT2D eigenvalue weighted by Gasteiger charge is 2.17. The van der Waals surface area contributed by atoms with Crippen LogP contribution in [0.4, 0.5) is 5.69 Å². The number of thioether (sulfide) groups is 1. The molecule has 0 aliphatic rings. The summed E-state index contributed by atoms with van der Waals surface area (Å²) in [5.41, 5.74) is 7.54. The number of hydrogen-bond donors (Lipinski definition) is 1. The number of ether oxygens (including phenoxy) is 1. The van der Waals surface area contributed by atoms with Gasteiger partial charge in [0.2, 0.25) is 0 Å². The molecule has 1 heterocycles. The van der Waals surface area contributed by atoms with Crippen molar-refractivity contribution in [1.29, 1.82) is 0 Å². The maximum atomic E-state index is 12.5. The van der Waals surface area contributed by atoms with Gasteiger partial charge in [0.15, 0.2) is 11.0 Å². The first-order valence-electron chi connectivity index (χ1n) is 11.3. The van der Waals surface area contributed by atoms with E-state index in [4.69, 9.17) is 4.74 Å². The van der Waals surface area contributed by atoms with Gasteiger partial charge in [-0.15, -0.1) is 10.2 Å². The van der Waals surface area contributed by atoms with Crippen molar-refractivity contribution in [3.05, 3.63) is 83.9 Å². The van der Waals surface area contributed by atoms with Crippen LogP contribution < -0.4 is 15.1 Å². The lowest BCUT2D eigenvalue weighted by Gasteiger charge is -2.11. The Labute approximate surface area is 215 Å². The van der Waals surface area contributed by atoms with E-state index in [2.05, 4.69) is 20.7 Å². The van der Waals surface area contributed by atoms with Crippen molar-refractivity contribution < 1.29 is 9.53 Å². The third kappa shape index (κ3) is 6.11. The van der Waals surface area contributed by atoms with Gasteiger partial charge in [0.1, 0.15) is 5.75 Å². The fraction of sp³-hybridized carbons (Fsp3) is 0.185. The zero-order valence-corrected chi connectivity index (χ0v) is 21.5. The number of anilines is 1. The third-order valence-corrected chi connectivity index (χ3v) is 6.35. The summed E-state index contributed by atoms with van der Waals surface area (Å²) in [5.74, 6) is 1.36. The van der Waals surface area contributed by atoms with Crippen LogP contribution in [0.2, 0.25) is 0 Å². The average Bonchev–Trinajstić information content (AvgIpc) is 3.32. The molecule has 3 aromatic carbocycles. The number of rotatable bonds is 9. The zero-order chi connectivity index (χ0) is 25.5. The minimum Gasteiger partial charge on any atom is -0.497 e. The number of benzene rings is 3. The van der Waals surface area contributed by atoms with Gasteiger partial charge in [-0.3, -0.25) is 9.36 Å². The topological polar surface area (TPSA) is 84.6 Å². The van der Waals surface area contributed by atoms with Crippen molar-refractivity contribution in [2.45, 2.75) is 12.1 Å². The van der Waals surface area contributed by atoms with Gasteiger partial charge < -0.3 is 9.64 Å². The lowest BCUT2D eigenvalue weighted by Crippen LogP contribution is -2.20.